The minimum atomic E-state index is -1.82. The van der Waals surface area contributed by atoms with E-state index in [1.165, 1.54) is 38.5 Å². The van der Waals surface area contributed by atoms with Crippen LogP contribution in [0.15, 0.2) is 60.7 Å². The second-order valence-corrected chi connectivity index (χ2v) is 8.33. The van der Waals surface area contributed by atoms with E-state index < -0.39 is 11.6 Å². The van der Waals surface area contributed by atoms with Crippen LogP contribution in [0.5, 0.6) is 0 Å². The van der Waals surface area contributed by atoms with Crippen LogP contribution in [0.1, 0.15) is 63.0 Å². The topological polar surface area (TPSA) is 49.8 Å². The minimum Gasteiger partial charge on any atom is -0.444 e. The summed E-state index contributed by atoms with van der Waals surface area (Å²) in [6.45, 7) is 2.06. The summed E-state index contributed by atoms with van der Waals surface area (Å²) in [6.07, 6.45) is 7.63. The molecule has 1 atom stereocenters. The number of benzene rings is 2. The van der Waals surface area contributed by atoms with E-state index in [0.29, 0.717) is 23.2 Å². The molecule has 2 aromatic carbocycles. The molecule has 2 bridgehead atoms. The SMILES string of the molecule is CCC(OC(=O)C(O)(c1ccccc1)c1ccccc1)N1C2CCCC1CCC2. The number of ether oxygens (including phenoxy) is 1. The van der Waals surface area contributed by atoms with Crippen molar-refractivity contribution in [3.63, 3.8) is 0 Å². The molecule has 0 aliphatic carbocycles. The molecule has 29 heavy (non-hydrogen) atoms. The van der Waals surface area contributed by atoms with Gasteiger partial charge in [0.05, 0.1) is 0 Å². The van der Waals surface area contributed by atoms with Crippen LogP contribution in [-0.4, -0.2) is 34.3 Å². The van der Waals surface area contributed by atoms with Crippen molar-refractivity contribution >= 4 is 5.97 Å². The highest BCUT2D eigenvalue weighted by atomic mass is 16.6. The summed E-state index contributed by atoms with van der Waals surface area (Å²) in [7, 11) is 0. The average molecular weight is 394 g/mol. The fourth-order valence-electron chi connectivity index (χ4n) is 5.16. The van der Waals surface area contributed by atoms with E-state index >= 15 is 0 Å². The number of nitrogens with zero attached hydrogens (tertiary/aromatic N) is 1. The van der Waals surface area contributed by atoms with Crippen molar-refractivity contribution in [3.05, 3.63) is 71.8 Å². The summed E-state index contributed by atoms with van der Waals surface area (Å²) in [5, 5.41) is 11.7. The maximum atomic E-state index is 13.5. The molecule has 154 valence electrons. The van der Waals surface area contributed by atoms with Gasteiger partial charge >= 0.3 is 5.97 Å². The zero-order valence-corrected chi connectivity index (χ0v) is 17.2. The number of esters is 1. The lowest BCUT2D eigenvalue weighted by atomic mass is 9.84. The zero-order chi connectivity index (χ0) is 20.3. The molecular weight excluding hydrogens is 362 g/mol. The lowest BCUT2D eigenvalue weighted by Gasteiger charge is -2.49. The molecule has 4 rings (SSSR count). The van der Waals surface area contributed by atoms with Gasteiger partial charge in [-0.3, -0.25) is 4.90 Å². The molecule has 2 aromatic rings. The lowest BCUT2D eigenvalue weighted by Crippen LogP contribution is -2.56. The zero-order valence-electron chi connectivity index (χ0n) is 17.2. The van der Waals surface area contributed by atoms with E-state index in [1.807, 2.05) is 36.4 Å². The van der Waals surface area contributed by atoms with Gasteiger partial charge in [0.25, 0.3) is 0 Å². The normalized spacial score (nSPS) is 23.4. The van der Waals surface area contributed by atoms with Crippen LogP contribution >= 0.6 is 0 Å². The molecular formula is C25H31NO3. The molecule has 4 heteroatoms. The molecule has 0 saturated carbocycles. The maximum Gasteiger partial charge on any atom is 0.349 e. The van der Waals surface area contributed by atoms with Crippen molar-refractivity contribution in [2.24, 2.45) is 0 Å². The largest absolute Gasteiger partial charge is 0.444 e. The fraction of sp³-hybridized carbons (Fsp3) is 0.480. The Morgan fingerprint density at radius 1 is 0.966 bits per heavy atom. The van der Waals surface area contributed by atoms with E-state index in [1.54, 1.807) is 24.3 Å². The van der Waals surface area contributed by atoms with Crippen LogP contribution in [0.3, 0.4) is 0 Å². The Morgan fingerprint density at radius 3 is 1.83 bits per heavy atom. The molecule has 2 aliphatic heterocycles. The van der Waals surface area contributed by atoms with Crippen molar-refractivity contribution in [1.82, 2.24) is 4.90 Å². The molecule has 2 heterocycles. The number of fused-ring (bicyclic) bond motifs is 2. The highest BCUT2D eigenvalue weighted by Crippen LogP contribution is 2.38. The third-order valence-corrected chi connectivity index (χ3v) is 6.60. The van der Waals surface area contributed by atoms with Gasteiger partial charge in [-0.1, -0.05) is 80.4 Å². The first kappa shape index (κ1) is 20.1. The highest BCUT2D eigenvalue weighted by Gasteiger charge is 2.45. The van der Waals surface area contributed by atoms with Gasteiger partial charge < -0.3 is 9.84 Å². The molecule has 2 saturated heterocycles. The van der Waals surface area contributed by atoms with E-state index in [9.17, 15) is 9.90 Å². The molecule has 1 unspecified atom stereocenters. The van der Waals surface area contributed by atoms with Crippen molar-refractivity contribution < 1.29 is 14.6 Å². The summed E-state index contributed by atoms with van der Waals surface area (Å²) in [5.74, 6) is -0.592. The number of rotatable bonds is 6. The van der Waals surface area contributed by atoms with Gasteiger partial charge in [0.2, 0.25) is 5.60 Å². The smallest absolute Gasteiger partial charge is 0.349 e. The van der Waals surface area contributed by atoms with Gasteiger partial charge in [-0.05, 0) is 43.2 Å². The van der Waals surface area contributed by atoms with Gasteiger partial charge in [0.15, 0.2) is 6.23 Å². The molecule has 0 amide bonds. The Bertz CT molecular complexity index is 746. The average Bonchev–Trinajstić information content (AvgIpc) is 2.77. The highest BCUT2D eigenvalue weighted by molar-refractivity contribution is 5.85. The van der Waals surface area contributed by atoms with Crippen LogP contribution in [0.4, 0.5) is 0 Å². The predicted molar refractivity (Wildman–Crippen MR) is 113 cm³/mol. The van der Waals surface area contributed by atoms with Crippen LogP contribution < -0.4 is 0 Å². The van der Waals surface area contributed by atoms with Crippen LogP contribution in [0.2, 0.25) is 0 Å². The first-order valence-corrected chi connectivity index (χ1v) is 11.0. The number of piperidine rings is 2. The number of carbonyl (C=O) groups excluding carboxylic acids is 1. The van der Waals surface area contributed by atoms with E-state index in [2.05, 4.69) is 11.8 Å². The third kappa shape index (κ3) is 3.84. The van der Waals surface area contributed by atoms with Crippen LogP contribution in [-0.2, 0) is 15.1 Å². The number of hydrogen-bond acceptors (Lipinski definition) is 4. The van der Waals surface area contributed by atoms with Crippen molar-refractivity contribution in [1.29, 1.82) is 0 Å². The Labute approximate surface area is 173 Å². The van der Waals surface area contributed by atoms with Crippen molar-refractivity contribution in [3.8, 4) is 0 Å². The minimum absolute atomic E-state index is 0.294. The first-order chi connectivity index (χ1) is 14.1. The summed E-state index contributed by atoms with van der Waals surface area (Å²) in [6, 6.07) is 19.2. The Balaban J connectivity index is 1.64. The number of aliphatic hydroxyl groups is 1. The number of hydrogen-bond donors (Lipinski definition) is 1. The van der Waals surface area contributed by atoms with Gasteiger partial charge in [0.1, 0.15) is 0 Å². The molecule has 1 N–H and O–H groups in total. The summed E-state index contributed by atoms with van der Waals surface area (Å²) >= 11 is 0. The summed E-state index contributed by atoms with van der Waals surface area (Å²) in [5.41, 5.74) is -0.754. The van der Waals surface area contributed by atoms with Gasteiger partial charge in [-0.15, -0.1) is 0 Å². The van der Waals surface area contributed by atoms with Gasteiger partial charge in [-0.25, -0.2) is 4.79 Å². The van der Waals surface area contributed by atoms with Crippen molar-refractivity contribution in [2.45, 2.75) is 75.8 Å². The fourth-order valence-corrected chi connectivity index (χ4v) is 5.16. The molecule has 2 aliphatic rings. The summed E-state index contributed by atoms with van der Waals surface area (Å²) < 4.78 is 6.09. The van der Waals surface area contributed by atoms with E-state index in [0.717, 1.165) is 6.42 Å². The quantitative estimate of drug-likeness (QED) is 0.728. The first-order valence-electron chi connectivity index (χ1n) is 11.0. The van der Waals surface area contributed by atoms with E-state index in [-0.39, 0.29) is 6.23 Å². The van der Waals surface area contributed by atoms with Gasteiger partial charge in [0, 0.05) is 12.1 Å². The third-order valence-electron chi connectivity index (χ3n) is 6.60. The second-order valence-electron chi connectivity index (χ2n) is 8.33. The lowest BCUT2D eigenvalue weighted by molar-refractivity contribution is -0.188. The number of carbonyl (C=O) groups is 1. The Kier molecular flexibility index (Phi) is 6.02. The molecule has 0 spiro atoms. The summed E-state index contributed by atoms with van der Waals surface area (Å²) in [4.78, 5) is 15.9. The monoisotopic (exact) mass is 393 g/mol. The molecule has 0 radical (unpaired) electrons. The predicted octanol–water partition coefficient (Wildman–Crippen LogP) is 4.61. The van der Waals surface area contributed by atoms with E-state index in [4.69, 9.17) is 4.74 Å². The Morgan fingerprint density at radius 2 is 1.41 bits per heavy atom. The van der Waals surface area contributed by atoms with Crippen LogP contribution in [0.25, 0.3) is 0 Å². The van der Waals surface area contributed by atoms with Crippen molar-refractivity contribution in [2.75, 3.05) is 0 Å². The molecule has 0 aromatic heterocycles. The van der Waals surface area contributed by atoms with Crippen LogP contribution in [0, 0.1) is 0 Å². The standard InChI is InChI=1S/C25H31NO3/c1-2-23(26-21-15-9-16-22(26)18-10-17-21)29-24(27)25(28,19-11-5-3-6-12-19)20-13-7-4-8-14-20/h3-8,11-14,21-23,28H,2,9-10,15-18H2,1H3. The Hall–Kier alpha value is -2.17. The molecule has 2 fully saturated rings. The maximum absolute atomic E-state index is 13.5. The van der Waals surface area contributed by atoms with Gasteiger partial charge in [-0.2, -0.15) is 0 Å². The second kappa shape index (κ2) is 8.68. The molecule has 4 nitrogen and oxygen atoms in total.